The number of benzene rings is 2. The predicted molar refractivity (Wildman–Crippen MR) is 90.0 cm³/mol. The van der Waals surface area contributed by atoms with Crippen LogP contribution in [0, 0.1) is 18.3 Å². The SMILES string of the molecule is CCc1cc(-c2c(C)cccc2C#N)cc(CC=O)c1NC. The van der Waals surface area contributed by atoms with Gasteiger partial charge in [-0.2, -0.15) is 5.26 Å². The zero-order chi connectivity index (χ0) is 16.1. The molecule has 0 saturated heterocycles. The van der Waals surface area contributed by atoms with Gasteiger partial charge in [0.2, 0.25) is 0 Å². The van der Waals surface area contributed by atoms with Gasteiger partial charge in [0.05, 0.1) is 11.6 Å². The number of carbonyl (C=O) groups excluding carboxylic acids is 1. The molecule has 2 aromatic rings. The normalized spacial score (nSPS) is 10.1. The van der Waals surface area contributed by atoms with Gasteiger partial charge in [-0.1, -0.05) is 19.1 Å². The Kier molecular flexibility index (Phi) is 4.95. The highest BCUT2D eigenvalue weighted by Crippen LogP contribution is 2.33. The average Bonchev–Trinajstić information content (AvgIpc) is 2.54. The van der Waals surface area contributed by atoms with E-state index >= 15 is 0 Å². The number of hydrogen-bond donors (Lipinski definition) is 1. The zero-order valence-corrected chi connectivity index (χ0v) is 13.2. The highest BCUT2D eigenvalue weighted by Gasteiger charge is 2.13. The molecule has 22 heavy (non-hydrogen) atoms. The average molecular weight is 292 g/mol. The van der Waals surface area contributed by atoms with Crippen LogP contribution < -0.4 is 5.32 Å². The summed E-state index contributed by atoms with van der Waals surface area (Å²) in [6.45, 7) is 4.10. The summed E-state index contributed by atoms with van der Waals surface area (Å²) in [5, 5.41) is 12.6. The number of aryl methyl sites for hydroxylation is 2. The molecule has 0 aliphatic heterocycles. The maximum Gasteiger partial charge on any atom is 0.124 e. The molecule has 0 saturated carbocycles. The van der Waals surface area contributed by atoms with Gasteiger partial charge in [-0.25, -0.2) is 0 Å². The zero-order valence-electron chi connectivity index (χ0n) is 13.2. The molecule has 0 radical (unpaired) electrons. The first-order chi connectivity index (χ1) is 10.7. The van der Waals surface area contributed by atoms with E-state index in [2.05, 4.69) is 24.4 Å². The lowest BCUT2D eigenvalue weighted by atomic mass is 9.90. The molecule has 0 heterocycles. The monoisotopic (exact) mass is 292 g/mol. The van der Waals surface area contributed by atoms with Gasteiger partial charge in [0.15, 0.2) is 0 Å². The van der Waals surface area contributed by atoms with Crippen LogP contribution in [0.15, 0.2) is 30.3 Å². The molecule has 0 aromatic heterocycles. The number of nitrogens with one attached hydrogen (secondary N) is 1. The molecule has 0 aliphatic carbocycles. The third-order valence-corrected chi connectivity index (χ3v) is 3.92. The van der Waals surface area contributed by atoms with Gasteiger partial charge in [0.25, 0.3) is 0 Å². The molecule has 0 aliphatic rings. The van der Waals surface area contributed by atoms with Gasteiger partial charge >= 0.3 is 0 Å². The minimum absolute atomic E-state index is 0.366. The minimum Gasteiger partial charge on any atom is -0.388 e. The van der Waals surface area contributed by atoms with E-state index in [1.165, 1.54) is 0 Å². The fraction of sp³-hybridized carbons (Fsp3) is 0.263. The van der Waals surface area contributed by atoms with E-state index in [1.54, 1.807) is 0 Å². The summed E-state index contributed by atoms with van der Waals surface area (Å²) in [6.07, 6.45) is 2.15. The number of anilines is 1. The predicted octanol–water partition coefficient (Wildman–Crippen LogP) is 3.88. The van der Waals surface area contributed by atoms with Crippen molar-refractivity contribution in [3.8, 4) is 17.2 Å². The van der Waals surface area contributed by atoms with Crippen molar-refractivity contribution in [3.05, 3.63) is 52.6 Å². The third-order valence-electron chi connectivity index (χ3n) is 3.92. The van der Waals surface area contributed by atoms with E-state index in [-0.39, 0.29) is 0 Å². The van der Waals surface area contributed by atoms with Crippen LogP contribution in [-0.4, -0.2) is 13.3 Å². The van der Waals surface area contributed by atoms with Gasteiger partial charge in [-0.05, 0) is 53.8 Å². The fourth-order valence-electron chi connectivity index (χ4n) is 2.91. The van der Waals surface area contributed by atoms with Crippen molar-refractivity contribution in [1.82, 2.24) is 0 Å². The van der Waals surface area contributed by atoms with Crippen molar-refractivity contribution in [1.29, 1.82) is 5.26 Å². The molecule has 0 spiro atoms. The fourth-order valence-corrected chi connectivity index (χ4v) is 2.91. The van der Waals surface area contributed by atoms with Crippen molar-refractivity contribution in [2.75, 3.05) is 12.4 Å². The number of hydrogen-bond acceptors (Lipinski definition) is 3. The molecule has 1 N–H and O–H groups in total. The maximum absolute atomic E-state index is 11.0. The maximum atomic E-state index is 11.0. The highest BCUT2D eigenvalue weighted by atomic mass is 16.1. The van der Waals surface area contributed by atoms with Crippen LogP contribution in [0.3, 0.4) is 0 Å². The summed E-state index contributed by atoms with van der Waals surface area (Å²) in [5.74, 6) is 0. The van der Waals surface area contributed by atoms with E-state index in [1.807, 2.05) is 38.2 Å². The molecular weight excluding hydrogens is 272 g/mol. The Balaban J connectivity index is 2.75. The number of carbonyl (C=O) groups is 1. The topological polar surface area (TPSA) is 52.9 Å². The largest absolute Gasteiger partial charge is 0.388 e. The minimum atomic E-state index is 0.366. The summed E-state index contributed by atoms with van der Waals surface area (Å²) >= 11 is 0. The van der Waals surface area contributed by atoms with Crippen LogP contribution in [0.25, 0.3) is 11.1 Å². The lowest BCUT2D eigenvalue weighted by molar-refractivity contribution is -0.107. The summed E-state index contributed by atoms with van der Waals surface area (Å²) in [6, 6.07) is 12.1. The second-order valence-electron chi connectivity index (χ2n) is 5.25. The number of nitrogens with zero attached hydrogens (tertiary/aromatic N) is 1. The summed E-state index contributed by atoms with van der Waals surface area (Å²) < 4.78 is 0. The van der Waals surface area contributed by atoms with Crippen LogP contribution in [0.5, 0.6) is 0 Å². The molecule has 2 aromatic carbocycles. The standard InChI is InChI=1S/C19H20N2O/c1-4-14-10-17(11-15(8-9-22)19(14)21-3)18-13(2)6-5-7-16(18)12-20/h5-7,9-11,21H,4,8H2,1-3H3. The highest BCUT2D eigenvalue weighted by molar-refractivity contribution is 5.79. The van der Waals surface area contributed by atoms with Crippen molar-refractivity contribution in [3.63, 3.8) is 0 Å². The van der Waals surface area contributed by atoms with Crippen LogP contribution >= 0.6 is 0 Å². The second kappa shape index (κ2) is 6.91. The van der Waals surface area contributed by atoms with Crippen molar-refractivity contribution in [2.24, 2.45) is 0 Å². The van der Waals surface area contributed by atoms with Gasteiger partial charge in [0, 0.05) is 24.7 Å². The first-order valence-corrected chi connectivity index (χ1v) is 7.43. The van der Waals surface area contributed by atoms with Crippen LogP contribution in [0.4, 0.5) is 5.69 Å². The molecule has 0 fully saturated rings. The quantitative estimate of drug-likeness (QED) is 0.851. The Labute approximate surface area is 131 Å². The van der Waals surface area contributed by atoms with Crippen molar-refractivity contribution >= 4 is 12.0 Å². The summed E-state index contributed by atoms with van der Waals surface area (Å²) in [4.78, 5) is 11.0. The van der Waals surface area contributed by atoms with E-state index < -0.39 is 0 Å². The molecule has 3 heteroatoms. The van der Waals surface area contributed by atoms with E-state index in [0.29, 0.717) is 12.0 Å². The molecule has 0 bridgehead atoms. The first kappa shape index (κ1) is 15.8. The van der Waals surface area contributed by atoms with Crippen molar-refractivity contribution in [2.45, 2.75) is 26.7 Å². The first-order valence-electron chi connectivity index (χ1n) is 7.43. The molecule has 2 rings (SSSR count). The van der Waals surface area contributed by atoms with Gasteiger partial charge in [0.1, 0.15) is 6.29 Å². The van der Waals surface area contributed by atoms with Crippen LogP contribution in [-0.2, 0) is 17.6 Å². The van der Waals surface area contributed by atoms with Crippen LogP contribution in [0.1, 0.15) is 29.2 Å². The van der Waals surface area contributed by atoms with Crippen molar-refractivity contribution < 1.29 is 4.79 Å². The van der Waals surface area contributed by atoms with Gasteiger partial charge in [-0.3, -0.25) is 0 Å². The lowest BCUT2D eigenvalue weighted by Gasteiger charge is -2.17. The van der Waals surface area contributed by atoms with Gasteiger partial charge < -0.3 is 10.1 Å². The number of rotatable bonds is 5. The molecule has 0 atom stereocenters. The Morgan fingerprint density at radius 1 is 1.27 bits per heavy atom. The van der Waals surface area contributed by atoms with Crippen LogP contribution in [0.2, 0.25) is 0 Å². The smallest absolute Gasteiger partial charge is 0.124 e. The number of nitriles is 1. The molecule has 3 nitrogen and oxygen atoms in total. The third kappa shape index (κ3) is 2.87. The van der Waals surface area contributed by atoms with E-state index in [9.17, 15) is 10.1 Å². The Hall–Kier alpha value is -2.60. The lowest BCUT2D eigenvalue weighted by Crippen LogP contribution is -2.02. The second-order valence-corrected chi connectivity index (χ2v) is 5.25. The van der Waals surface area contributed by atoms with E-state index in [4.69, 9.17) is 0 Å². The molecule has 0 unspecified atom stereocenters. The number of aldehydes is 1. The molecular formula is C19H20N2O. The van der Waals surface area contributed by atoms with Gasteiger partial charge in [-0.15, -0.1) is 0 Å². The molecule has 112 valence electrons. The summed E-state index contributed by atoms with van der Waals surface area (Å²) in [5.41, 5.74) is 6.83. The Morgan fingerprint density at radius 3 is 2.59 bits per heavy atom. The Bertz CT molecular complexity index is 742. The summed E-state index contributed by atoms with van der Waals surface area (Å²) in [7, 11) is 1.87. The van der Waals surface area contributed by atoms with E-state index in [0.717, 1.165) is 46.2 Å². The molecule has 0 amide bonds. The Morgan fingerprint density at radius 2 is 2.00 bits per heavy atom.